The SMILES string of the molecule is Nc1ccc(S(=O)(=O)ON2CC2)cc1. The molecule has 1 aromatic rings. The van der Waals surface area contributed by atoms with Crippen molar-refractivity contribution in [1.82, 2.24) is 5.06 Å². The maximum Gasteiger partial charge on any atom is 0.313 e. The molecule has 2 rings (SSSR count). The smallest absolute Gasteiger partial charge is 0.313 e. The average Bonchev–Trinajstić information content (AvgIpc) is 2.88. The highest BCUT2D eigenvalue weighted by Crippen LogP contribution is 2.18. The predicted molar refractivity (Wildman–Crippen MR) is 50.7 cm³/mol. The summed E-state index contributed by atoms with van der Waals surface area (Å²) in [4.78, 5) is 0.124. The summed E-state index contributed by atoms with van der Waals surface area (Å²) in [6.07, 6.45) is 0. The van der Waals surface area contributed by atoms with Crippen LogP contribution in [-0.4, -0.2) is 26.6 Å². The van der Waals surface area contributed by atoms with E-state index < -0.39 is 10.1 Å². The van der Waals surface area contributed by atoms with E-state index in [1.165, 1.54) is 29.3 Å². The molecule has 1 saturated heterocycles. The Hall–Kier alpha value is -1.11. The quantitative estimate of drug-likeness (QED) is 0.575. The van der Waals surface area contributed by atoms with Gasteiger partial charge in [-0.1, -0.05) is 0 Å². The lowest BCUT2D eigenvalue weighted by Crippen LogP contribution is -2.10. The summed E-state index contributed by atoms with van der Waals surface area (Å²) >= 11 is 0. The molecule has 1 heterocycles. The molecule has 0 unspecified atom stereocenters. The predicted octanol–water partition coefficient (Wildman–Crippen LogP) is 0.205. The zero-order valence-electron chi connectivity index (χ0n) is 7.38. The Balaban J connectivity index is 2.24. The van der Waals surface area contributed by atoms with Crippen molar-refractivity contribution in [3.63, 3.8) is 0 Å². The van der Waals surface area contributed by atoms with Crippen molar-refractivity contribution in [2.75, 3.05) is 18.8 Å². The second-order valence-corrected chi connectivity index (χ2v) is 4.56. The molecule has 0 radical (unpaired) electrons. The number of hydrogen-bond acceptors (Lipinski definition) is 5. The van der Waals surface area contributed by atoms with Gasteiger partial charge in [-0.2, -0.15) is 17.8 Å². The van der Waals surface area contributed by atoms with Crippen molar-refractivity contribution in [3.05, 3.63) is 24.3 Å². The van der Waals surface area contributed by atoms with Crippen LogP contribution < -0.4 is 5.73 Å². The van der Waals surface area contributed by atoms with Crippen LogP contribution in [0.5, 0.6) is 0 Å². The maximum atomic E-state index is 11.5. The summed E-state index contributed by atoms with van der Waals surface area (Å²) in [6, 6.07) is 5.90. The lowest BCUT2D eigenvalue weighted by Gasteiger charge is -2.04. The minimum absolute atomic E-state index is 0.124. The number of hydrogen-bond donors (Lipinski definition) is 1. The highest BCUT2D eigenvalue weighted by Gasteiger charge is 2.27. The molecular weight excluding hydrogens is 204 g/mol. The Bertz CT molecular complexity index is 422. The molecule has 1 aliphatic heterocycles. The van der Waals surface area contributed by atoms with Crippen LogP contribution in [-0.2, 0) is 14.4 Å². The third-order valence-electron chi connectivity index (χ3n) is 1.78. The molecule has 0 bridgehead atoms. The molecule has 0 saturated carbocycles. The van der Waals surface area contributed by atoms with Gasteiger partial charge < -0.3 is 5.73 Å². The molecule has 2 N–H and O–H groups in total. The summed E-state index contributed by atoms with van der Waals surface area (Å²) in [6.45, 7) is 1.32. The summed E-state index contributed by atoms with van der Waals surface area (Å²) in [5.74, 6) is 0. The van der Waals surface area contributed by atoms with Gasteiger partial charge in [0, 0.05) is 18.8 Å². The van der Waals surface area contributed by atoms with Gasteiger partial charge in [0.05, 0.1) is 4.90 Å². The number of hydroxylamine groups is 2. The van der Waals surface area contributed by atoms with Crippen LogP contribution in [0.4, 0.5) is 5.69 Å². The zero-order valence-corrected chi connectivity index (χ0v) is 8.20. The van der Waals surface area contributed by atoms with E-state index in [0.29, 0.717) is 18.8 Å². The van der Waals surface area contributed by atoms with Crippen molar-refractivity contribution in [1.29, 1.82) is 0 Å². The van der Waals surface area contributed by atoms with E-state index in [-0.39, 0.29) is 4.90 Å². The van der Waals surface area contributed by atoms with E-state index in [2.05, 4.69) is 0 Å². The van der Waals surface area contributed by atoms with E-state index in [9.17, 15) is 8.42 Å². The van der Waals surface area contributed by atoms with Crippen LogP contribution >= 0.6 is 0 Å². The Labute approximate surface area is 82.2 Å². The first-order valence-electron chi connectivity index (χ1n) is 4.13. The number of benzene rings is 1. The van der Waals surface area contributed by atoms with Gasteiger partial charge in [0.2, 0.25) is 0 Å². The van der Waals surface area contributed by atoms with Gasteiger partial charge in [0.1, 0.15) is 0 Å². The normalized spacial score (nSPS) is 16.9. The molecule has 6 heteroatoms. The topological polar surface area (TPSA) is 72.4 Å². The number of rotatable bonds is 3. The molecule has 76 valence electrons. The van der Waals surface area contributed by atoms with E-state index in [4.69, 9.17) is 10.0 Å². The second-order valence-electron chi connectivity index (χ2n) is 3.03. The number of nitrogen functional groups attached to an aromatic ring is 1. The molecule has 5 nitrogen and oxygen atoms in total. The molecule has 0 amide bonds. The standard InChI is InChI=1S/C8H10N2O3S/c9-7-1-3-8(4-2-7)14(11,12)13-10-5-6-10/h1-4H,5-6,9H2. The van der Waals surface area contributed by atoms with Crippen molar-refractivity contribution in [2.45, 2.75) is 4.90 Å². The molecule has 0 aromatic heterocycles. The first kappa shape index (κ1) is 9.45. The van der Waals surface area contributed by atoms with Crippen LogP contribution in [0.3, 0.4) is 0 Å². The number of nitrogens with two attached hydrogens (primary N) is 1. The second kappa shape index (κ2) is 3.23. The zero-order chi connectivity index (χ0) is 10.2. The third kappa shape index (κ3) is 2.03. The van der Waals surface area contributed by atoms with Gasteiger partial charge in [0.25, 0.3) is 0 Å². The Morgan fingerprint density at radius 1 is 1.21 bits per heavy atom. The van der Waals surface area contributed by atoms with Gasteiger partial charge in [-0.15, -0.1) is 0 Å². The molecule has 1 aliphatic rings. The van der Waals surface area contributed by atoms with Gasteiger partial charge in [-0.05, 0) is 24.3 Å². The summed E-state index contributed by atoms with van der Waals surface area (Å²) in [5, 5.41) is 1.37. The van der Waals surface area contributed by atoms with Crippen molar-refractivity contribution < 1.29 is 12.7 Å². The van der Waals surface area contributed by atoms with Gasteiger partial charge in [-0.25, -0.2) is 0 Å². The Morgan fingerprint density at radius 2 is 1.79 bits per heavy atom. The molecule has 14 heavy (non-hydrogen) atoms. The molecule has 0 spiro atoms. The van der Waals surface area contributed by atoms with Crippen LogP contribution in [0.2, 0.25) is 0 Å². The van der Waals surface area contributed by atoms with E-state index in [1.807, 2.05) is 0 Å². The first-order chi connectivity index (χ1) is 6.58. The summed E-state index contributed by atoms with van der Waals surface area (Å²) in [5.41, 5.74) is 5.96. The van der Waals surface area contributed by atoms with Gasteiger partial charge >= 0.3 is 10.1 Å². The van der Waals surface area contributed by atoms with Crippen molar-refractivity contribution in [3.8, 4) is 0 Å². The fraction of sp³-hybridized carbons (Fsp3) is 0.250. The van der Waals surface area contributed by atoms with E-state index in [1.54, 1.807) is 0 Å². The van der Waals surface area contributed by atoms with Crippen LogP contribution in [0, 0.1) is 0 Å². The maximum absolute atomic E-state index is 11.5. The van der Waals surface area contributed by atoms with Gasteiger partial charge in [0.15, 0.2) is 0 Å². The summed E-state index contributed by atoms with van der Waals surface area (Å²) < 4.78 is 27.7. The first-order valence-corrected chi connectivity index (χ1v) is 5.54. The number of nitrogens with zero attached hydrogens (tertiary/aromatic N) is 1. The highest BCUT2D eigenvalue weighted by atomic mass is 32.2. The lowest BCUT2D eigenvalue weighted by molar-refractivity contribution is 0.0788. The van der Waals surface area contributed by atoms with E-state index >= 15 is 0 Å². The largest absolute Gasteiger partial charge is 0.399 e. The van der Waals surface area contributed by atoms with Crippen LogP contribution in [0.1, 0.15) is 0 Å². The van der Waals surface area contributed by atoms with Crippen LogP contribution in [0.25, 0.3) is 0 Å². The van der Waals surface area contributed by atoms with Gasteiger partial charge in [-0.3, -0.25) is 0 Å². The van der Waals surface area contributed by atoms with Crippen molar-refractivity contribution in [2.24, 2.45) is 0 Å². The Kier molecular flexibility index (Phi) is 2.18. The minimum Gasteiger partial charge on any atom is -0.399 e. The molecule has 0 aliphatic carbocycles. The molecule has 1 aromatic carbocycles. The molecule has 0 atom stereocenters. The van der Waals surface area contributed by atoms with Crippen molar-refractivity contribution >= 4 is 15.8 Å². The summed E-state index contributed by atoms with van der Waals surface area (Å²) in [7, 11) is -3.64. The lowest BCUT2D eigenvalue weighted by atomic mass is 10.3. The fourth-order valence-corrected chi connectivity index (χ4v) is 1.91. The monoisotopic (exact) mass is 214 g/mol. The van der Waals surface area contributed by atoms with E-state index in [0.717, 1.165) is 0 Å². The third-order valence-corrected chi connectivity index (χ3v) is 3.04. The minimum atomic E-state index is -3.64. The highest BCUT2D eigenvalue weighted by molar-refractivity contribution is 7.86. The average molecular weight is 214 g/mol. The van der Waals surface area contributed by atoms with Crippen LogP contribution in [0.15, 0.2) is 29.2 Å². The Morgan fingerprint density at radius 3 is 2.29 bits per heavy atom. The fourth-order valence-electron chi connectivity index (χ4n) is 0.932. The molecule has 1 fully saturated rings. The molecular formula is C8H10N2O3S. The number of anilines is 1.